The van der Waals surface area contributed by atoms with Crippen LogP contribution < -0.4 is 5.32 Å². The van der Waals surface area contributed by atoms with Crippen molar-refractivity contribution in [3.63, 3.8) is 0 Å². The summed E-state index contributed by atoms with van der Waals surface area (Å²) >= 11 is 7.73. The van der Waals surface area contributed by atoms with E-state index in [9.17, 15) is 4.79 Å². The van der Waals surface area contributed by atoms with Gasteiger partial charge in [-0.1, -0.05) is 11.6 Å². The van der Waals surface area contributed by atoms with Crippen molar-refractivity contribution in [2.75, 3.05) is 39.5 Å². The van der Waals surface area contributed by atoms with Crippen LogP contribution in [0.5, 0.6) is 0 Å². The molecule has 2 rings (SSSR count). The second kappa shape index (κ2) is 7.31. The van der Waals surface area contributed by atoms with Crippen LogP contribution in [0.1, 0.15) is 10.4 Å². The molecule has 110 valence electrons. The lowest BCUT2D eigenvalue weighted by Crippen LogP contribution is -2.45. The Morgan fingerprint density at radius 3 is 3.05 bits per heavy atom. The smallest absolute Gasteiger partial charge is 0.255 e. The molecule has 1 N–H and O–H groups in total. The highest BCUT2D eigenvalue weighted by Crippen LogP contribution is 2.24. The molecule has 1 heterocycles. The number of thioether (sulfide) groups is 1. The Balaban J connectivity index is 2.05. The Kier molecular flexibility index (Phi) is 5.72. The van der Waals surface area contributed by atoms with Gasteiger partial charge in [-0.2, -0.15) is 0 Å². The standard InChI is InChI=1S/C14H19ClN2O2S/c1-17(9-10-8-16-5-6-19-10)14(18)12-7-11(20-2)3-4-13(12)15/h3-4,7,10,16H,5-6,8-9H2,1-2H3. The first-order valence-electron chi connectivity index (χ1n) is 6.53. The summed E-state index contributed by atoms with van der Waals surface area (Å²) in [5, 5.41) is 3.74. The number of carbonyl (C=O) groups excluding carboxylic acids is 1. The largest absolute Gasteiger partial charge is 0.374 e. The van der Waals surface area contributed by atoms with E-state index in [4.69, 9.17) is 16.3 Å². The van der Waals surface area contributed by atoms with Gasteiger partial charge < -0.3 is 15.0 Å². The summed E-state index contributed by atoms with van der Waals surface area (Å²) in [6, 6.07) is 5.52. The number of nitrogens with one attached hydrogen (secondary N) is 1. The van der Waals surface area contributed by atoms with E-state index >= 15 is 0 Å². The summed E-state index contributed by atoms with van der Waals surface area (Å²) in [6.45, 7) is 2.90. The second-order valence-electron chi connectivity index (χ2n) is 4.73. The van der Waals surface area contributed by atoms with Gasteiger partial charge in [0.15, 0.2) is 0 Å². The Hall–Kier alpha value is -0.750. The Morgan fingerprint density at radius 1 is 1.60 bits per heavy atom. The van der Waals surface area contributed by atoms with E-state index in [0.29, 0.717) is 23.7 Å². The average Bonchev–Trinajstić information content (AvgIpc) is 2.48. The fraction of sp³-hybridized carbons (Fsp3) is 0.500. The maximum absolute atomic E-state index is 12.5. The molecule has 1 aromatic rings. The molecule has 0 spiro atoms. The minimum atomic E-state index is -0.0694. The van der Waals surface area contributed by atoms with E-state index in [-0.39, 0.29) is 12.0 Å². The molecule has 0 aromatic heterocycles. The molecule has 20 heavy (non-hydrogen) atoms. The van der Waals surface area contributed by atoms with Crippen molar-refractivity contribution in [2.24, 2.45) is 0 Å². The molecule has 1 aromatic carbocycles. The molecule has 1 fully saturated rings. The van der Waals surface area contributed by atoms with Gasteiger partial charge in [0.2, 0.25) is 0 Å². The topological polar surface area (TPSA) is 41.6 Å². The van der Waals surface area contributed by atoms with Crippen molar-refractivity contribution in [2.45, 2.75) is 11.0 Å². The van der Waals surface area contributed by atoms with Crippen molar-refractivity contribution >= 4 is 29.3 Å². The zero-order valence-electron chi connectivity index (χ0n) is 11.7. The van der Waals surface area contributed by atoms with Crippen LogP contribution in [0.3, 0.4) is 0 Å². The lowest BCUT2D eigenvalue weighted by molar-refractivity contribution is 0.0104. The number of carbonyl (C=O) groups is 1. The number of benzene rings is 1. The van der Waals surface area contributed by atoms with Crippen LogP contribution in [-0.2, 0) is 4.74 Å². The lowest BCUT2D eigenvalue weighted by Gasteiger charge is -2.28. The highest BCUT2D eigenvalue weighted by molar-refractivity contribution is 7.98. The molecule has 0 saturated carbocycles. The van der Waals surface area contributed by atoms with Crippen LogP contribution in [0.15, 0.2) is 23.1 Å². The number of likely N-dealkylation sites (N-methyl/N-ethyl adjacent to an activating group) is 1. The molecule has 4 nitrogen and oxygen atoms in total. The molecular formula is C14H19ClN2O2S. The first-order valence-corrected chi connectivity index (χ1v) is 8.13. The van der Waals surface area contributed by atoms with E-state index < -0.39 is 0 Å². The number of morpholine rings is 1. The number of hydrogen-bond acceptors (Lipinski definition) is 4. The molecule has 0 aliphatic carbocycles. The molecule has 0 bridgehead atoms. The zero-order valence-corrected chi connectivity index (χ0v) is 13.3. The Morgan fingerprint density at radius 2 is 2.40 bits per heavy atom. The highest BCUT2D eigenvalue weighted by atomic mass is 35.5. The van der Waals surface area contributed by atoms with Gasteiger partial charge in [-0.25, -0.2) is 0 Å². The fourth-order valence-electron chi connectivity index (χ4n) is 2.13. The first kappa shape index (κ1) is 15.6. The van der Waals surface area contributed by atoms with Crippen LogP contribution in [0, 0.1) is 0 Å². The lowest BCUT2D eigenvalue weighted by atomic mass is 10.2. The van der Waals surface area contributed by atoms with Gasteiger partial charge in [0, 0.05) is 31.6 Å². The number of rotatable bonds is 4. The quantitative estimate of drug-likeness (QED) is 0.864. The van der Waals surface area contributed by atoms with E-state index in [1.807, 2.05) is 18.4 Å². The van der Waals surface area contributed by atoms with Crippen LogP contribution in [-0.4, -0.2) is 56.5 Å². The predicted molar refractivity (Wildman–Crippen MR) is 82.8 cm³/mol. The fourth-order valence-corrected chi connectivity index (χ4v) is 2.76. The Labute approximate surface area is 128 Å². The van der Waals surface area contributed by atoms with Gasteiger partial charge in [-0.3, -0.25) is 4.79 Å². The van der Waals surface area contributed by atoms with E-state index in [1.165, 1.54) is 0 Å². The average molecular weight is 315 g/mol. The van der Waals surface area contributed by atoms with Crippen molar-refractivity contribution in [1.82, 2.24) is 10.2 Å². The summed E-state index contributed by atoms with van der Waals surface area (Å²) in [5.41, 5.74) is 0.546. The SMILES string of the molecule is CSc1ccc(Cl)c(C(=O)N(C)CC2CNCCO2)c1. The monoisotopic (exact) mass is 314 g/mol. The van der Waals surface area contributed by atoms with E-state index in [1.54, 1.807) is 29.8 Å². The molecule has 1 aliphatic rings. The molecule has 1 aliphatic heterocycles. The summed E-state index contributed by atoms with van der Waals surface area (Å²) in [7, 11) is 1.78. The van der Waals surface area contributed by atoms with Crippen LogP contribution in [0.25, 0.3) is 0 Å². The minimum Gasteiger partial charge on any atom is -0.374 e. The van der Waals surface area contributed by atoms with E-state index in [2.05, 4.69) is 5.32 Å². The van der Waals surface area contributed by atoms with Gasteiger partial charge >= 0.3 is 0 Å². The summed E-state index contributed by atoms with van der Waals surface area (Å²) in [5.74, 6) is -0.0694. The van der Waals surface area contributed by atoms with Crippen molar-refractivity contribution < 1.29 is 9.53 Å². The van der Waals surface area contributed by atoms with Crippen LogP contribution >= 0.6 is 23.4 Å². The summed E-state index contributed by atoms with van der Waals surface area (Å²) < 4.78 is 5.62. The third-order valence-electron chi connectivity index (χ3n) is 3.23. The molecule has 6 heteroatoms. The van der Waals surface area contributed by atoms with Gasteiger partial charge in [0.25, 0.3) is 5.91 Å². The Bertz CT molecular complexity index is 478. The van der Waals surface area contributed by atoms with Gasteiger partial charge in [0.05, 0.1) is 23.3 Å². The number of hydrogen-bond donors (Lipinski definition) is 1. The first-order chi connectivity index (χ1) is 9.61. The molecule has 1 atom stereocenters. The third-order valence-corrected chi connectivity index (χ3v) is 4.29. The minimum absolute atomic E-state index is 0.0419. The van der Waals surface area contributed by atoms with E-state index in [0.717, 1.165) is 18.0 Å². The van der Waals surface area contributed by atoms with Gasteiger partial charge in [0.1, 0.15) is 0 Å². The number of halogens is 1. The van der Waals surface area contributed by atoms with Gasteiger partial charge in [-0.15, -0.1) is 11.8 Å². The zero-order chi connectivity index (χ0) is 14.5. The maximum Gasteiger partial charge on any atom is 0.255 e. The highest BCUT2D eigenvalue weighted by Gasteiger charge is 2.21. The summed E-state index contributed by atoms with van der Waals surface area (Å²) in [4.78, 5) is 15.2. The normalized spacial score (nSPS) is 18.9. The van der Waals surface area contributed by atoms with Crippen molar-refractivity contribution in [3.05, 3.63) is 28.8 Å². The maximum atomic E-state index is 12.5. The molecule has 0 radical (unpaired) electrons. The second-order valence-corrected chi connectivity index (χ2v) is 6.02. The number of nitrogens with zero attached hydrogens (tertiary/aromatic N) is 1. The van der Waals surface area contributed by atoms with Crippen molar-refractivity contribution in [1.29, 1.82) is 0 Å². The summed E-state index contributed by atoms with van der Waals surface area (Å²) in [6.07, 6.45) is 2.02. The predicted octanol–water partition coefficient (Wildman–Crippen LogP) is 2.12. The third kappa shape index (κ3) is 3.88. The molecule has 1 saturated heterocycles. The van der Waals surface area contributed by atoms with Crippen molar-refractivity contribution in [3.8, 4) is 0 Å². The molecule has 1 unspecified atom stereocenters. The number of ether oxygens (including phenoxy) is 1. The molecular weight excluding hydrogens is 296 g/mol. The van der Waals surface area contributed by atoms with Gasteiger partial charge in [-0.05, 0) is 24.5 Å². The van der Waals surface area contributed by atoms with Crippen LogP contribution in [0.4, 0.5) is 0 Å². The van der Waals surface area contributed by atoms with Crippen LogP contribution in [0.2, 0.25) is 5.02 Å². The number of amides is 1. The molecule has 1 amide bonds.